The number of benzene rings is 2. The minimum absolute atomic E-state index is 0.0379. The topological polar surface area (TPSA) is 38.8 Å². The molecule has 2 atom stereocenters. The summed E-state index contributed by atoms with van der Waals surface area (Å²) in [6.45, 7) is 7.75. The largest absolute Gasteiger partial charge is 0.496 e. The van der Waals surface area contributed by atoms with Crippen molar-refractivity contribution in [2.24, 2.45) is 5.92 Å². The smallest absolute Gasteiger partial charge is 0.222 e. The summed E-state index contributed by atoms with van der Waals surface area (Å²) in [4.78, 5) is 14.6. The Hall–Kier alpha value is -2.40. The van der Waals surface area contributed by atoms with Crippen molar-refractivity contribution >= 4 is 5.91 Å². The molecule has 0 bridgehead atoms. The monoisotopic (exact) mass is 441 g/mol. The molecule has 4 nitrogen and oxygen atoms in total. The number of hydrogen-bond acceptors (Lipinski definition) is 3. The number of hydrogen-bond donors (Lipinski definition) is 0. The summed E-state index contributed by atoms with van der Waals surface area (Å²) in [5.74, 6) is 1.04. The van der Waals surface area contributed by atoms with Gasteiger partial charge in [0.2, 0.25) is 5.91 Å². The molecule has 0 radical (unpaired) electrons. The molecule has 5 heteroatoms. The Balaban J connectivity index is 1.91. The summed E-state index contributed by atoms with van der Waals surface area (Å²) in [6, 6.07) is 14.9. The Kier molecular flexibility index (Phi) is 8.30. The van der Waals surface area contributed by atoms with Crippen LogP contribution in [0.1, 0.15) is 57.6 Å². The van der Waals surface area contributed by atoms with Crippen LogP contribution in [-0.2, 0) is 21.5 Å². The van der Waals surface area contributed by atoms with Gasteiger partial charge in [-0.3, -0.25) is 4.79 Å². The van der Waals surface area contributed by atoms with Crippen molar-refractivity contribution in [2.45, 2.75) is 64.5 Å². The lowest BCUT2D eigenvalue weighted by molar-refractivity contribution is -0.132. The Morgan fingerprint density at radius 1 is 1.22 bits per heavy atom. The Labute approximate surface area is 191 Å². The number of halogens is 1. The van der Waals surface area contributed by atoms with E-state index < -0.39 is 0 Å². The fourth-order valence-electron chi connectivity index (χ4n) is 4.77. The van der Waals surface area contributed by atoms with E-state index >= 15 is 0 Å². The zero-order valence-corrected chi connectivity index (χ0v) is 19.8. The van der Waals surface area contributed by atoms with E-state index in [1.165, 1.54) is 11.6 Å². The molecule has 1 saturated heterocycles. The maximum Gasteiger partial charge on any atom is 0.222 e. The molecule has 1 aliphatic rings. The van der Waals surface area contributed by atoms with Crippen LogP contribution in [0.3, 0.4) is 0 Å². The van der Waals surface area contributed by atoms with E-state index in [2.05, 4.69) is 19.9 Å². The van der Waals surface area contributed by atoms with Crippen LogP contribution in [0.4, 0.5) is 4.39 Å². The van der Waals surface area contributed by atoms with Gasteiger partial charge in [-0.15, -0.1) is 0 Å². The highest BCUT2D eigenvalue weighted by Gasteiger charge is 2.41. The Morgan fingerprint density at radius 3 is 2.62 bits per heavy atom. The van der Waals surface area contributed by atoms with Crippen LogP contribution in [0.5, 0.6) is 5.75 Å². The van der Waals surface area contributed by atoms with Crippen LogP contribution in [0.25, 0.3) is 0 Å². The van der Waals surface area contributed by atoms with Gasteiger partial charge in [-0.25, -0.2) is 4.39 Å². The minimum atomic E-state index is -0.271. The zero-order chi connectivity index (χ0) is 23.1. The van der Waals surface area contributed by atoms with E-state index in [-0.39, 0.29) is 29.8 Å². The highest BCUT2D eigenvalue weighted by molar-refractivity contribution is 5.75. The van der Waals surface area contributed by atoms with E-state index in [1.807, 2.05) is 31.2 Å². The third-order valence-electron chi connectivity index (χ3n) is 6.76. The van der Waals surface area contributed by atoms with E-state index in [0.717, 1.165) is 25.0 Å². The number of nitrogens with zero attached hydrogens (tertiary/aromatic N) is 1. The Bertz CT molecular complexity index is 900. The van der Waals surface area contributed by atoms with Gasteiger partial charge in [0.25, 0.3) is 0 Å². The second-order valence-electron chi connectivity index (χ2n) is 9.10. The van der Waals surface area contributed by atoms with Gasteiger partial charge in [0.1, 0.15) is 11.6 Å². The molecule has 1 amide bonds. The van der Waals surface area contributed by atoms with Crippen LogP contribution < -0.4 is 4.74 Å². The van der Waals surface area contributed by atoms with Crippen LogP contribution >= 0.6 is 0 Å². The van der Waals surface area contributed by atoms with Gasteiger partial charge in [-0.05, 0) is 37.3 Å². The molecule has 0 saturated carbocycles. The Morgan fingerprint density at radius 2 is 1.94 bits per heavy atom. The summed E-state index contributed by atoms with van der Waals surface area (Å²) in [5, 5.41) is 0. The lowest BCUT2D eigenvalue weighted by atomic mass is 9.68. The number of methoxy groups -OCH3 is 1. The van der Waals surface area contributed by atoms with Crippen LogP contribution in [0.15, 0.2) is 48.5 Å². The first kappa shape index (κ1) is 24.2. The minimum Gasteiger partial charge on any atom is -0.496 e. The summed E-state index contributed by atoms with van der Waals surface area (Å²) in [5.41, 5.74) is 1.56. The number of carbonyl (C=O) groups is 1. The quantitative estimate of drug-likeness (QED) is 0.498. The average Bonchev–Trinajstić information content (AvgIpc) is 2.82. The zero-order valence-electron chi connectivity index (χ0n) is 19.8. The van der Waals surface area contributed by atoms with E-state index in [1.54, 1.807) is 24.1 Å². The van der Waals surface area contributed by atoms with E-state index in [4.69, 9.17) is 9.47 Å². The van der Waals surface area contributed by atoms with Crippen molar-refractivity contribution in [2.75, 3.05) is 20.3 Å². The van der Waals surface area contributed by atoms with Crippen molar-refractivity contribution in [3.8, 4) is 5.75 Å². The summed E-state index contributed by atoms with van der Waals surface area (Å²) in [6.07, 6.45) is 3.06. The fourth-order valence-corrected chi connectivity index (χ4v) is 4.77. The molecule has 2 aromatic carbocycles. The van der Waals surface area contributed by atoms with Crippen molar-refractivity contribution < 1.29 is 18.7 Å². The standard InChI is InChI=1S/C27H36FNO3/c1-5-26(30)29(19-21-10-6-8-12-23(21)28)16-14-27(15-17-32-25(18-27)20(2)3)22-11-7-9-13-24(22)31-4/h6-13,20,25H,5,14-19H2,1-4H3/t25-,27-/m0/s1. The van der Waals surface area contributed by atoms with Crippen molar-refractivity contribution in [1.82, 2.24) is 4.90 Å². The average molecular weight is 442 g/mol. The molecular formula is C27H36FNO3. The highest BCUT2D eigenvalue weighted by Crippen LogP contribution is 2.45. The van der Waals surface area contributed by atoms with Gasteiger partial charge in [-0.2, -0.15) is 0 Å². The van der Waals surface area contributed by atoms with Gasteiger partial charge in [0.15, 0.2) is 0 Å². The second kappa shape index (κ2) is 11.0. The number of amides is 1. The molecule has 3 rings (SSSR count). The molecule has 1 aliphatic heterocycles. The normalized spacial score (nSPS) is 20.9. The predicted molar refractivity (Wildman–Crippen MR) is 125 cm³/mol. The molecule has 1 fully saturated rings. The van der Waals surface area contributed by atoms with Crippen molar-refractivity contribution in [3.63, 3.8) is 0 Å². The van der Waals surface area contributed by atoms with Gasteiger partial charge in [0.05, 0.1) is 13.2 Å². The first-order valence-electron chi connectivity index (χ1n) is 11.7. The summed E-state index contributed by atoms with van der Waals surface area (Å²) >= 11 is 0. The lowest BCUT2D eigenvalue weighted by Gasteiger charge is -2.44. The van der Waals surface area contributed by atoms with Gasteiger partial charge >= 0.3 is 0 Å². The van der Waals surface area contributed by atoms with Crippen LogP contribution in [0, 0.1) is 11.7 Å². The lowest BCUT2D eigenvalue weighted by Crippen LogP contribution is -2.44. The maximum atomic E-state index is 14.3. The summed E-state index contributed by atoms with van der Waals surface area (Å²) < 4.78 is 26.2. The molecule has 0 unspecified atom stereocenters. The SMILES string of the molecule is CCC(=O)N(CC[C@]1(c2ccccc2OC)CCO[C@H](C(C)C)C1)Cc1ccccc1F. The van der Waals surface area contributed by atoms with Gasteiger partial charge in [-0.1, -0.05) is 57.2 Å². The number of carbonyl (C=O) groups excluding carboxylic acids is 1. The molecular weight excluding hydrogens is 405 g/mol. The third kappa shape index (κ3) is 5.50. The third-order valence-corrected chi connectivity index (χ3v) is 6.76. The van der Waals surface area contributed by atoms with Crippen molar-refractivity contribution in [3.05, 3.63) is 65.5 Å². The molecule has 1 heterocycles. The van der Waals surface area contributed by atoms with Gasteiger partial charge in [0, 0.05) is 42.7 Å². The predicted octanol–water partition coefficient (Wildman–Crippen LogP) is 5.74. The van der Waals surface area contributed by atoms with Crippen LogP contribution in [-0.4, -0.2) is 37.2 Å². The second-order valence-corrected chi connectivity index (χ2v) is 9.10. The highest BCUT2D eigenvalue weighted by atomic mass is 19.1. The molecule has 0 aliphatic carbocycles. The molecule has 0 N–H and O–H groups in total. The molecule has 2 aromatic rings. The molecule has 32 heavy (non-hydrogen) atoms. The first-order chi connectivity index (χ1) is 15.4. The first-order valence-corrected chi connectivity index (χ1v) is 11.7. The van der Waals surface area contributed by atoms with E-state index in [0.29, 0.717) is 31.1 Å². The van der Waals surface area contributed by atoms with E-state index in [9.17, 15) is 9.18 Å². The van der Waals surface area contributed by atoms with Crippen LogP contribution in [0.2, 0.25) is 0 Å². The molecule has 0 aromatic heterocycles. The number of rotatable bonds is 9. The molecule has 174 valence electrons. The number of para-hydroxylation sites is 1. The van der Waals surface area contributed by atoms with Gasteiger partial charge < -0.3 is 14.4 Å². The number of ether oxygens (including phenoxy) is 2. The van der Waals surface area contributed by atoms with Crippen molar-refractivity contribution in [1.29, 1.82) is 0 Å². The maximum absolute atomic E-state index is 14.3. The molecule has 0 spiro atoms. The summed E-state index contributed by atoms with van der Waals surface area (Å²) in [7, 11) is 1.71. The fraction of sp³-hybridized carbons (Fsp3) is 0.519.